The first-order valence-corrected chi connectivity index (χ1v) is 6.32. The molecule has 4 nitrogen and oxygen atoms in total. The van der Waals surface area contributed by atoms with E-state index < -0.39 is 0 Å². The Bertz CT molecular complexity index is 380. The highest BCUT2D eigenvalue weighted by Gasteiger charge is 2.05. The van der Waals surface area contributed by atoms with E-state index in [0.29, 0.717) is 6.61 Å². The first-order valence-electron chi connectivity index (χ1n) is 6.32. The zero-order valence-electron chi connectivity index (χ0n) is 11.3. The van der Waals surface area contributed by atoms with Crippen LogP contribution >= 0.6 is 0 Å². The lowest BCUT2D eigenvalue weighted by Gasteiger charge is -2.12. The smallest absolute Gasteiger partial charge is 0.250 e. The number of carbonyl (C=O) groups excluding carboxylic acids is 1. The third-order valence-electron chi connectivity index (χ3n) is 2.69. The van der Waals surface area contributed by atoms with Gasteiger partial charge in [0.2, 0.25) is 5.91 Å². The van der Waals surface area contributed by atoms with Gasteiger partial charge in [-0.3, -0.25) is 4.79 Å². The quantitative estimate of drug-likeness (QED) is 0.730. The number of anilines is 1. The number of carbonyl (C=O) groups is 1. The van der Waals surface area contributed by atoms with Gasteiger partial charge in [-0.2, -0.15) is 0 Å². The molecule has 0 saturated heterocycles. The lowest BCUT2D eigenvalue weighted by Crippen LogP contribution is -2.19. The Labute approximate surface area is 109 Å². The van der Waals surface area contributed by atoms with Crippen LogP contribution in [0.3, 0.4) is 0 Å². The summed E-state index contributed by atoms with van der Waals surface area (Å²) in [6, 6.07) is 8.08. The van der Waals surface area contributed by atoms with Crippen LogP contribution in [-0.4, -0.2) is 26.2 Å². The molecule has 0 aliphatic rings. The fraction of sp³-hybridized carbons (Fsp3) is 0.500. The average molecular weight is 250 g/mol. The molecule has 0 saturated carbocycles. The van der Waals surface area contributed by atoms with Crippen molar-refractivity contribution in [2.24, 2.45) is 0 Å². The van der Waals surface area contributed by atoms with Gasteiger partial charge < -0.3 is 15.4 Å². The predicted molar refractivity (Wildman–Crippen MR) is 73.7 cm³/mol. The van der Waals surface area contributed by atoms with Crippen molar-refractivity contribution in [1.82, 2.24) is 5.32 Å². The Morgan fingerprint density at radius 3 is 2.89 bits per heavy atom. The van der Waals surface area contributed by atoms with E-state index in [1.807, 2.05) is 38.2 Å². The molecule has 1 atom stereocenters. The molecule has 0 fully saturated rings. The van der Waals surface area contributed by atoms with Crippen molar-refractivity contribution < 1.29 is 9.53 Å². The molecule has 0 aliphatic heterocycles. The van der Waals surface area contributed by atoms with Crippen molar-refractivity contribution in [2.45, 2.75) is 26.3 Å². The Hall–Kier alpha value is -1.39. The highest BCUT2D eigenvalue weighted by Crippen LogP contribution is 2.16. The number of amides is 1. The number of benzene rings is 1. The van der Waals surface area contributed by atoms with Gasteiger partial charge in [-0.25, -0.2) is 0 Å². The molecule has 0 aromatic heterocycles. The number of hydrogen-bond acceptors (Lipinski definition) is 3. The van der Waals surface area contributed by atoms with Crippen LogP contribution in [0.2, 0.25) is 0 Å². The molecule has 0 radical (unpaired) electrons. The predicted octanol–water partition coefficient (Wildman–Crippen LogP) is 2.33. The van der Waals surface area contributed by atoms with E-state index in [1.165, 1.54) is 0 Å². The molecule has 1 rings (SSSR count). The highest BCUT2D eigenvalue weighted by atomic mass is 16.5. The standard InChI is InChI=1S/C14H22N2O2/c1-4-8-18-10-14(17)16-13-7-5-6-12(9-13)11(2)15-3/h5-7,9,11,15H,4,8,10H2,1-3H3,(H,16,17). The maximum Gasteiger partial charge on any atom is 0.250 e. The highest BCUT2D eigenvalue weighted by molar-refractivity contribution is 5.91. The lowest BCUT2D eigenvalue weighted by atomic mass is 10.1. The van der Waals surface area contributed by atoms with Gasteiger partial charge in [0.1, 0.15) is 6.61 Å². The van der Waals surface area contributed by atoms with Crippen molar-refractivity contribution in [1.29, 1.82) is 0 Å². The molecule has 4 heteroatoms. The summed E-state index contributed by atoms with van der Waals surface area (Å²) in [4.78, 5) is 11.6. The zero-order valence-corrected chi connectivity index (χ0v) is 11.3. The van der Waals surface area contributed by atoms with Gasteiger partial charge in [-0.05, 0) is 38.1 Å². The monoisotopic (exact) mass is 250 g/mol. The fourth-order valence-electron chi connectivity index (χ4n) is 1.56. The van der Waals surface area contributed by atoms with E-state index in [4.69, 9.17) is 4.74 Å². The molecule has 1 aromatic carbocycles. The summed E-state index contributed by atoms with van der Waals surface area (Å²) in [6.45, 7) is 4.82. The van der Waals surface area contributed by atoms with E-state index in [-0.39, 0.29) is 18.6 Å². The van der Waals surface area contributed by atoms with Crippen molar-refractivity contribution in [3.8, 4) is 0 Å². The van der Waals surface area contributed by atoms with Crippen LogP contribution in [-0.2, 0) is 9.53 Å². The van der Waals surface area contributed by atoms with E-state index in [9.17, 15) is 4.79 Å². The third-order valence-corrected chi connectivity index (χ3v) is 2.69. The minimum Gasteiger partial charge on any atom is -0.372 e. The van der Waals surface area contributed by atoms with Crippen LogP contribution in [0.25, 0.3) is 0 Å². The van der Waals surface area contributed by atoms with Crippen LogP contribution < -0.4 is 10.6 Å². The van der Waals surface area contributed by atoms with Crippen molar-refractivity contribution >= 4 is 11.6 Å². The molecule has 1 unspecified atom stereocenters. The number of ether oxygens (including phenoxy) is 1. The van der Waals surface area contributed by atoms with Gasteiger partial charge >= 0.3 is 0 Å². The fourth-order valence-corrected chi connectivity index (χ4v) is 1.56. The zero-order chi connectivity index (χ0) is 13.4. The van der Waals surface area contributed by atoms with E-state index in [1.54, 1.807) is 0 Å². The molecule has 2 N–H and O–H groups in total. The molecule has 0 heterocycles. The second kappa shape index (κ2) is 7.84. The Morgan fingerprint density at radius 1 is 1.44 bits per heavy atom. The van der Waals surface area contributed by atoms with Gasteiger partial charge in [-0.15, -0.1) is 0 Å². The second-order valence-electron chi connectivity index (χ2n) is 4.24. The molecule has 1 amide bonds. The van der Waals surface area contributed by atoms with Gasteiger partial charge in [0.25, 0.3) is 0 Å². The molecule has 0 aliphatic carbocycles. The van der Waals surface area contributed by atoms with Crippen LogP contribution in [0.4, 0.5) is 5.69 Å². The molecule has 0 spiro atoms. The Morgan fingerprint density at radius 2 is 2.22 bits per heavy atom. The summed E-state index contributed by atoms with van der Waals surface area (Å²) < 4.78 is 5.19. The van der Waals surface area contributed by atoms with Gasteiger partial charge in [-0.1, -0.05) is 19.1 Å². The largest absolute Gasteiger partial charge is 0.372 e. The van der Waals surface area contributed by atoms with Crippen molar-refractivity contribution in [3.05, 3.63) is 29.8 Å². The SMILES string of the molecule is CCCOCC(=O)Nc1cccc(C(C)NC)c1. The minimum atomic E-state index is -0.113. The van der Waals surface area contributed by atoms with E-state index >= 15 is 0 Å². The summed E-state index contributed by atoms with van der Waals surface area (Å²) in [7, 11) is 1.91. The summed E-state index contributed by atoms with van der Waals surface area (Å²) in [5.41, 5.74) is 1.95. The Balaban J connectivity index is 2.53. The van der Waals surface area contributed by atoms with Crippen LogP contribution in [0.5, 0.6) is 0 Å². The number of rotatable bonds is 7. The number of nitrogens with one attached hydrogen (secondary N) is 2. The summed E-state index contributed by atoms with van der Waals surface area (Å²) in [5.74, 6) is -0.113. The molecule has 100 valence electrons. The normalized spacial score (nSPS) is 12.2. The van der Waals surface area contributed by atoms with E-state index in [0.717, 1.165) is 17.7 Å². The molecular formula is C14H22N2O2. The molecule has 1 aromatic rings. The summed E-state index contributed by atoms with van der Waals surface area (Å²) in [6.07, 6.45) is 0.919. The summed E-state index contributed by atoms with van der Waals surface area (Å²) >= 11 is 0. The second-order valence-corrected chi connectivity index (χ2v) is 4.24. The first kappa shape index (κ1) is 14.7. The summed E-state index contributed by atoms with van der Waals surface area (Å²) in [5, 5.41) is 5.99. The average Bonchev–Trinajstić information content (AvgIpc) is 2.38. The van der Waals surface area contributed by atoms with Crippen LogP contribution in [0.1, 0.15) is 31.9 Å². The molecular weight excluding hydrogens is 228 g/mol. The van der Waals surface area contributed by atoms with E-state index in [2.05, 4.69) is 17.6 Å². The van der Waals surface area contributed by atoms with Crippen molar-refractivity contribution in [2.75, 3.05) is 25.6 Å². The van der Waals surface area contributed by atoms with Crippen LogP contribution in [0, 0.1) is 0 Å². The van der Waals surface area contributed by atoms with Gasteiger partial charge in [0.05, 0.1) is 0 Å². The molecule has 18 heavy (non-hydrogen) atoms. The molecule has 0 bridgehead atoms. The van der Waals surface area contributed by atoms with Gasteiger partial charge in [0, 0.05) is 18.3 Å². The van der Waals surface area contributed by atoms with Crippen molar-refractivity contribution in [3.63, 3.8) is 0 Å². The maximum atomic E-state index is 11.6. The third kappa shape index (κ3) is 4.85. The Kier molecular flexibility index (Phi) is 6.39. The topological polar surface area (TPSA) is 50.4 Å². The van der Waals surface area contributed by atoms with Crippen LogP contribution in [0.15, 0.2) is 24.3 Å². The minimum absolute atomic E-state index is 0.111. The van der Waals surface area contributed by atoms with Gasteiger partial charge in [0.15, 0.2) is 0 Å². The maximum absolute atomic E-state index is 11.6. The number of hydrogen-bond donors (Lipinski definition) is 2. The lowest BCUT2D eigenvalue weighted by molar-refractivity contribution is -0.120. The first-order chi connectivity index (χ1) is 8.67.